The van der Waals surface area contributed by atoms with Crippen LogP contribution in [0.2, 0.25) is 0 Å². The van der Waals surface area contributed by atoms with Crippen LogP contribution in [0.3, 0.4) is 0 Å². The summed E-state index contributed by atoms with van der Waals surface area (Å²) < 4.78 is 5.10. The summed E-state index contributed by atoms with van der Waals surface area (Å²) in [6.07, 6.45) is 0. The number of nitrogens with zero attached hydrogens (tertiary/aromatic N) is 3. The molecule has 0 aliphatic heterocycles. The molecule has 0 saturated heterocycles. The number of H-pyrrole nitrogens is 1. The topological polar surface area (TPSA) is 148 Å². The molecule has 1 heterocycles. The highest BCUT2D eigenvalue weighted by Crippen LogP contribution is 2.31. The number of ether oxygens (including phenoxy) is 1. The molecule has 0 saturated carbocycles. The number of methoxy groups -OCH3 is 1. The van der Waals surface area contributed by atoms with Crippen molar-refractivity contribution in [1.29, 1.82) is 0 Å². The van der Waals surface area contributed by atoms with Crippen LogP contribution in [-0.2, 0) is 0 Å². The van der Waals surface area contributed by atoms with E-state index in [0.717, 1.165) is 5.56 Å². The van der Waals surface area contributed by atoms with Crippen molar-refractivity contribution in [2.45, 2.75) is 13.8 Å². The number of nitro groups is 1. The molecule has 1 amide bonds. The van der Waals surface area contributed by atoms with Crippen LogP contribution >= 0.6 is 0 Å². The summed E-state index contributed by atoms with van der Waals surface area (Å²) in [4.78, 5) is 26.2. The van der Waals surface area contributed by atoms with Crippen molar-refractivity contribution in [2.24, 2.45) is 15.9 Å². The lowest BCUT2D eigenvalue weighted by Crippen LogP contribution is -2.12. The van der Waals surface area contributed by atoms with E-state index in [1.54, 1.807) is 50.2 Å². The average molecular weight is 408 g/mol. The Morgan fingerprint density at radius 1 is 1.17 bits per heavy atom. The maximum Gasteiger partial charge on any atom is 0.296 e. The first-order chi connectivity index (χ1) is 14.3. The van der Waals surface area contributed by atoms with Gasteiger partial charge in [-0.2, -0.15) is 5.10 Å². The first-order valence-corrected chi connectivity index (χ1v) is 8.89. The van der Waals surface area contributed by atoms with Gasteiger partial charge in [0.05, 0.1) is 23.8 Å². The lowest BCUT2D eigenvalue weighted by atomic mass is 10.1. The van der Waals surface area contributed by atoms with Gasteiger partial charge in [-0.15, -0.1) is 5.10 Å². The number of aromatic nitrogens is 1. The van der Waals surface area contributed by atoms with Gasteiger partial charge in [0, 0.05) is 11.1 Å². The first kappa shape index (κ1) is 20.5. The fraction of sp³-hybridized carbons (Fsp3) is 0.150. The van der Waals surface area contributed by atoms with Gasteiger partial charge in [-0.3, -0.25) is 14.9 Å². The molecule has 30 heavy (non-hydrogen) atoms. The molecule has 0 unspecified atom stereocenters. The first-order valence-electron chi connectivity index (χ1n) is 8.89. The Balaban J connectivity index is 1.83. The van der Waals surface area contributed by atoms with Crippen LogP contribution in [-0.4, -0.2) is 34.5 Å². The van der Waals surface area contributed by atoms with Gasteiger partial charge in [0.15, 0.2) is 0 Å². The zero-order chi connectivity index (χ0) is 21.8. The normalized spacial score (nSPS) is 12.1. The van der Waals surface area contributed by atoms with Gasteiger partial charge in [-0.1, -0.05) is 12.1 Å². The van der Waals surface area contributed by atoms with Crippen LogP contribution in [0.25, 0.3) is 10.9 Å². The van der Waals surface area contributed by atoms with Crippen LogP contribution < -0.4 is 15.8 Å². The molecule has 0 radical (unpaired) electrons. The largest absolute Gasteiger partial charge is 0.496 e. The number of carbonyl (C=O) groups excluding carboxylic acids is 1. The summed E-state index contributed by atoms with van der Waals surface area (Å²) in [5.74, 6) is 0.261. The number of nitro benzene ring substituents is 1. The van der Waals surface area contributed by atoms with Gasteiger partial charge in [-0.25, -0.2) is 0 Å². The van der Waals surface area contributed by atoms with E-state index in [1.807, 2.05) is 0 Å². The van der Waals surface area contributed by atoms with E-state index in [4.69, 9.17) is 10.5 Å². The van der Waals surface area contributed by atoms with Crippen molar-refractivity contribution in [2.75, 3.05) is 12.4 Å². The molecule has 2 aromatic carbocycles. The molecule has 3 rings (SSSR count). The molecule has 3 aromatic rings. The molecule has 0 fully saturated rings. The van der Waals surface area contributed by atoms with Gasteiger partial charge < -0.3 is 20.8 Å². The molecule has 154 valence electrons. The minimum atomic E-state index is -0.526. The van der Waals surface area contributed by atoms with Crippen LogP contribution in [0.5, 0.6) is 5.75 Å². The second-order valence-electron chi connectivity index (χ2n) is 6.51. The SMILES string of the molecule is COc1cc([N+](=O)[O-])c2[nH]c(C(=O)Nc3ccc(/C(C)=N/N=C(C)N)cc3)cc2c1. The average Bonchev–Trinajstić information content (AvgIpc) is 3.15. The highest BCUT2D eigenvalue weighted by atomic mass is 16.6. The molecular formula is C20H20N6O4. The Morgan fingerprint density at radius 3 is 2.47 bits per heavy atom. The van der Waals surface area contributed by atoms with Crippen molar-refractivity contribution in [1.82, 2.24) is 4.98 Å². The highest BCUT2D eigenvalue weighted by molar-refractivity contribution is 6.07. The Bertz CT molecular complexity index is 1170. The maximum atomic E-state index is 12.6. The number of amides is 1. The fourth-order valence-electron chi connectivity index (χ4n) is 2.79. The Kier molecular flexibility index (Phi) is 5.77. The third-order valence-corrected chi connectivity index (χ3v) is 4.28. The van der Waals surface area contributed by atoms with E-state index in [0.29, 0.717) is 28.4 Å². The van der Waals surface area contributed by atoms with Gasteiger partial charge in [0.2, 0.25) is 0 Å². The number of anilines is 1. The highest BCUT2D eigenvalue weighted by Gasteiger charge is 2.19. The molecule has 0 aliphatic rings. The number of non-ortho nitro benzene ring substituents is 1. The number of hydrogen-bond acceptors (Lipinski definition) is 6. The number of aromatic amines is 1. The second-order valence-corrected chi connectivity index (χ2v) is 6.51. The van der Waals surface area contributed by atoms with Crippen molar-refractivity contribution in [3.63, 3.8) is 0 Å². The Labute approximate surface area is 171 Å². The monoisotopic (exact) mass is 408 g/mol. The standard InChI is InChI=1S/C20H20N6O4/c1-11(24-25-12(2)21)13-4-6-15(7-5-13)22-20(27)17-9-14-8-16(30-3)10-18(26(28)29)19(14)23-17/h4-10,23H,1-3H3,(H2,21,25)(H,22,27)/b24-11+. The smallest absolute Gasteiger partial charge is 0.296 e. The zero-order valence-corrected chi connectivity index (χ0v) is 16.6. The summed E-state index contributed by atoms with van der Waals surface area (Å²) in [6.45, 7) is 3.44. The van der Waals surface area contributed by atoms with E-state index < -0.39 is 10.8 Å². The summed E-state index contributed by atoms with van der Waals surface area (Å²) in [5, 5.41) is 22.4. The van der Waals surface area contributed by atoms with Crippen LogP contribution in [0.1, 0.15) is 29.9 Å². The summed E-state index contributed by atoms with van der Waals surface area (Å²) in [7, 11) is 1.42. The second kappa shape index (κ2) is 8.43. The van der Waals surface area contributed by atoms with E-state index >= 15 is 0 Å². The number of rotatable bonds is 6. The molecule has 1 aromatic heterocycles. The third kappa shape index (κ3) is 4.43. The molecule has 0 aliphatic carbocycles. The summed E-state index contributed by atoms with van der Waals surface area (Å²) in [6, 6.07) is 11.5. The third-order valence-electron chi connectivity index (χ3n) is 4.28. The molecule has 0 atom stereocenters. The van der Waals surface area contributed by atoms with Gasteiger partial charge in [-0.05, 0) is 43.7 Å². The van der Waals surface area contributed by atoms with Crippen LogP contribution in [0, 0.1) is 10.1 Å². The number of hydrogen-bond donors (Lipinski definition) is 3. The van der Waals surface area contributed by atoms with E-state index in [1.165, 1.54) is 13.2 Å². The number of nitrogens with two attached hydrogens (primary N) is 1. The lowest BCUT2D eigenvalue weighted by Gasteiger charge is -2.05. The lowest BCUT2D eigenvalue weighted by molar-refractivity contribution is -0.383. The predicted octanol–water partition coefficient (Wildman–Crippen LogP) is 3.44. The number of nitrogens with one attached hydrogen (secondary N) is 2. The molecule has 4 N–H and O–H groups in total. The molecule has 10 nitrogen and oxygen atoms in total. The van der Waals surface area contributed by atoms with E-state index in [-0.39, 0.29) is 16.9 Å². The number of fused-ring (bicyclic) bond motifs is 1. The number of benzene rings is 2. The molecule has 0 spiro atoms. The minimum absolute atomic E-state index is 0.169. The van der Waals surface area contributed by atoms with Gasteiger partial charge in [0.25, 0.3) is 11.6 Å². The van der Waals surface area contributed by atoms with Crippen molar-refractivity contribution in [3.05, 3.63) is 63.8 Å². The quantitative estimate of drug-likeness (QED) is 0.247. The van der Waals surface area contributed by atoms with Crippen molar-refractivity contribution >= 4 is 39.7 Å². The van der Waals surface area contributed by atoms with E-state index in [2.05, 4.69) is 20.5 Å². The maximum absolute atomic E-state index is 12.6. The molecule has 10 heteroatoms. The van der Waals surface area contributed by atoms with Crippen LogP contribution in [0.15, 0.2) is 52.7 Å². The Hall–Kier alpha value is -4.21. The molecular weight excluding hydrogens is 388 g/mol. The van der Waals surface area contributed by atoms with Crippen molar-refractivity contribution in [3.8, 4) is 5.75 Å². The fourth-order valence-corrected chi connectivity index (χ4v) is 2.79. The number of carbonyl (C=O) groups is 1. The van der Waals surface area contributed by atoms with Crippen LogP contribution in [0.4, 0.5) is 11.4 Å². The van der Waals surface area contributed by atoms with E-state index in [9.17, 15) is 14.9 Å². The predicted molar refractivity (Wildman–Crippen MR) is 115 cm³/mol. The number of amidine groups is 1. The summed E-state index contributed by atoms with van der Waals surface area (Å²) in [5.41, 5.74) is 7.80. The Morgan fingerprint density at radius 2 is 1.87 bits per heavy atom. The molecule has 0 bridgehead atoms. The minimum Gasteiger partial charge on any atom is -0.496 e. The van der Waals surface area contributed by atoms with Gasteiger partial charge >= 0.3 is 0 Å². The summed E-state index contributed by atoms with van der Waals surface area (Å²) >= 11 is 0. The van der Waals surface area contributed by atoms with Crippen molar-refractivity contribution < 1.29 is 14.5 Å². The zero-order valence-electron chi connectivity index (χ0n) is 16.6. The van der Waals surface area contributed by atoms with Gasteiger partial charge in [0.1, 0.15) is 22.8 Å².